The van der Waals surface area contributed by atoms with Crippen LogP contribution in [0.4, 0.5) is 0 Å². The molecule has 1 aromatic heterocycles. The van der Waals surface area contributed by atoms with E-state index in [1.54, 1.807) is 0 Å². The fourth-order valence-corrected chi connectivity index (χ4v) is 2.41. The maximum atomic E-state index is 5.93. The van der Waals surface area contributed by atoms with Crippen LogP contribution < -0.4 is 5.73 Å². The average molecular weight is 296 g/mol. The van der Waals surface area contributed by atoms with Gasteiger partial charge >= 0.3 is 0 Å². The van der Waals surface area contributed by atoms with Gasteiger partial charge in [0.25, 0.3) is 0 Å². The third-order valence-corrected chi connectivity index (χ3v) is 3.75. The molecule has 3 rings (SSSR count). The molecule has 0 amide bonds. The van der Waals surface area contributed by atoms with Crippen LogP contribution in [0, 0.1) is 0 Å². The molecule has 20 heavy (non-hydrogen) atoms. The first-order valence-corrected chi connectivity index (χ1v) is 6.51. The zero-order valence-corrected chi connectivity index (χ0v) is 11.9. The first-order valence-electron chi connectivity index (χ1n) is 6.51. The van der Waals surface area contributed by atoms with Crippen LogP contribution in [0.25, 0.3) is 11.4 Å². The van der Waals surface area contributed by atoms with Crippen LogP contribution in [-0.4, -0.2) is 29.9 Å². The van der Waals surface area contributed by atoms with Gasteiger partial charge in [-0.15, -0.1) is 12.4 Å². The molecular formula is C14H18ClN3O2. The SMILES string of the molecule is Cl.NCC1(c2nc(-c3ccccc3)no2)CCOCC1. The molecule has 0 radical (unpaired) electrons. The molecule has 0 atom stereocenters. The van der Waals surface area contributed by atoms with E-state index in [9.17, 15) is 0 Å². The molecule has 1 aromatic carbocycles. The average Bonchev–Trinajstić information content (AvgIpc) is 2.99. The summed E-state index contributed by atoms with van der Waals surface area (Å²) in [5, 5.41) is 4.07. The van der Waals surface area contributed by atoms with E-state index in [1.165, 1.54) is 0 Å². The number of nitrogens with two attached hydrogens (primary N) is 1. The Balaban J connectivity index is 0.00000147. The Morgan fingerprint density at radius 2 is 1.85 bits per heavy atom. The van der Waals surface area contributed by atoms with Gasteiger partial charge in [0.15, 0.2) is 0 Å². The van der Waals surface area contributed by atoms with E-state index < -0.39 is 0 Å². The number of halogens is 1. The van der Waals surface area contributed by atoms with Crippen molar-refractivity contribution >= 4 is 12.4 Å². The highest BCUT2D eigenvalue weighted by Crippen LogP contribution is 2.33. The normalized spacial score (nSPS) is 17.4. The minimum absolute atomic E-state index is 0. The van der Waals surface area contributed by atoms with Crippen LogP contribution in [0.3, 0.4) is 0 Å². The van der Waals surface area contributed by atoms with Crippen LogP contribution in [0.1, 0.15) is 18.7 Å². The molecule has 6 heteroatoms. The molecule has 108 valence electrons. The molecule has 5 nitrogen and oxygen atoms in total. The largest absolute Gasteiger partial charge is 0.381 e. The summed E-state index contributed by atoms with van der Waals surface area (Å²) in [7, 11) is 0. The predicted molar refractivity (Wildman–Crippen MR) is 77.8 cm³/mol. The number of aromatic nitrogens is 2. The maximum absolute atomic E-state index is 5.93. The van der Waals surface area contributed by atoms with Crippen LogP contribution in [0.5, 0.6) is 0 Å². The van der Waals surface area contributed by atoms with Crippen molar-refractivity contribution < 1.29 is 9.26 Å². The number of rotatable bonds is 3. The fraction of sp³-hybridized carbons (Fsp3) is 0.429. The Kier molecular flexibility index (Phi) is 4.75. The molecule has 0 bridgehead atoms. The summed E-state index contributed by atoms with van der Waals surface area (Å²) in [6.45, 7) is 1.90. The quantitative estimate of drug-likeness (QED) is 0.939. The van der Waals surface area contributed by atoms with Gasteiger partial charge < -0.3 is 15.0 Å². The molecule has 0 unspecified atom stereocenters. The number of hydrogen-bond donors (Lipinski definition) is 1. The van der Waals surface area contributed by atoms with E-state index in [2.05, 4.69) is 10.1 Å². The lowest BCUT2D eigenvalue weighted by Gasteiger charge is -2.32. The van der Waals surface area contributed by atoms with Crippen molar-refractivity contribution in [1.29, 1.82) is 0 Å². The van der Waals surface area contributed by atoms with E-state index in [0.29, 0.717) is 31.5 Å². The molecule has 2 N–H and O–H groups in total. The van der Waals surface area contributed by atoms with E-state index >= 15 is 0 Å². The van der Waals surface area contributed by atoms with Crippen molar-refractivity contribution in [3.8, 4) is 11.4 Å². The summed E-state index contributed by atoms with van der Waals surface area (Å²) in [6.07, 6.45) is 1.67. The second-order valence-electron chi connectivity index (χ2n) is 4.89. The summed E-state index contributed by atoms with van der Waals surface area (Å²) in [6, 6.07) is 9.81. The van der Waals surface area contributed by atoms with Gasteiger partial charge in [-0.05, 0) is 12.8 Å². The minimum atomic E-state index is -0.224. The molecule has 1 saturated heterocycles. The smallest absolute Gasteiger partial charge is 0.234 e. The van der Waals surface area contributed by atoms with Gasteiger partial charge in [-0.1, -0.05) is 35.5 Å². The van der Waals surface area contributed by atoms with E-state index in [-0.39, 0.29) is 17.8 Å². The number of nitrogens with zero attached hydrogens (tertiary/aromatic N) is 2. The molecule has 0 saturated carbocycles. The van der Waals surface area contributed by atoms with Gasteiger partial charge in [0.2, 0.25) is 11.7 Å². The van der Waals surface area contributed by atoms with Gasteiger partial charge in [0.05, 0.1) is 5.41 Å². The summed E-state index contributed by atoms with van der Waals surface area (Å²) < 4.78 is 10.9. The van der Waals surface area contributed by atoms with Crippen molar-refractivity contribution in [2.24, 2.45) is 5.73 Å². The fourth-order valence-electron chi connectivity index (χ4n) is 2.41. The van der Waals surface area contributed by atoms with Crippen LogP contribution in [0.2, 0.25) is 0 Å². The molecular weight excluding hydrogens is 278 g/mol. The molecule has 2 heterocycles. The minimum Gasteiger partial charge on any atom is -0.381 e. The zero-order valence-electron chi connectivity index (χ0n) is 11.1. The molecule has 0 spiro atoms. The van der Waals surface area contributed by atoms with Gasteiger partial charge in [0.1, 0.15) is 0 Å². The monoisotopic (exact) mass is 295 g/mol. The molecule has 1 aliphatic rings. The van der Waals surface area contributed by atoms with Crippen molar-refractivity contribution in [2.75, 3.05) is 19.8 Å². The molecule has 0 aliphatic carbocycles. The van der Waals surface area contributed by atoms with E-state index in [4.69, 9.17) is 15.0 Å². The Bertz CT molecular complexity index is 538. The Hall–Kier alpha value is -1.43. The maximum Gasteiger partial charge on any atom is 0.234 e. The lowest BCUT2D eigenvalue weighted by molar-refractivity contribution is 0.0409. The topological polar surface area (TPSA) is 74.2 Å². The Morgan fingerprint density at radius 1 is 1.15 bits per heavy atom. The highest BCUT2D eigenvalue weighted by molar-refractivity contribution is 5.85. The summed E-state index contributed by atoms with van der Waals surface area (Å²) >= 11 is 0. The lowest BCUT2D eigenvalue weighted by Crippen LogP contribution is -2.40. The zero-order chi connectivity index (χ0) is 13.1. The van der Waals surface area contributed by atoms with Crippen LogP contribution >= 0.6 is 12.4 Å². The second kappa shape index (κ2) is 6.35. The third kappa shape index (κ3) is 2.70. The first-order chi connectivity index (χ1) is 9.34. The summed E-state index contributed by atoms with van der Waals surface area (Å²) in [4.78, 5) is 4.53. The lowest BCUT2D eigenvalue weighted by atomic mass is 9.80. The molecule has 1 aliphatic heterocycles. The van der Waals surface area contributed by atoms with Crippen molar-refractivity contribution in [1.82, 2.24) is 10.1 Å². The van der Waals surface area contributed by atoms with Crippen molar-refractivity contribution in [3.63, 3.8) is 0 Å². The highest BCUT2D eigenvalue weighted by Gasteiger charge is 2.38. The Labute approximate surface area is 123 Å². The van der Waals surface area contributed by atoms with Gasteiger partial charge in [-0.2, -0.15) is 4.98 Å². The van der Waals surface area contributed by atoms with Gasteiger partial charge in [-0.25, -0.2) is 0 Å². The van der Waals surface area contributed by atoms with E-state index in [0.717, 1.165) is 18.4 Å². The highest BCUT2D eigenvalue weighted by atomic mass is 35.5. The standard InChI is InChI=1S/C14H17N3O2.ClH/c15-10-14(6-8-18-9-7-14)13-16-12(17-19-13)11-4-2-1-3-5-11;/h1-5H,6-10,15H2;1H. The number of ether oxygens (including phenoxy) is 1. The van der Waals surface area contributed by atoms with Crippen molar-refractivity contribution in [3.05, 3.63) is 36.2 Å². The predicted octanol–water partition coefficient (Wildman–Crippen LogP) is 2.17. The van der Waals surface area contributed by atoms with Crippen LogP contribution in [0.15, 0.2) is 34.9 Å². The van der Waals surface area contributed by atoms with Gasteiger partial charge in [-0.3, -0.25) is 0 Å². The second-order valence-corrected chi connectivity index (χ2v) is 4.89. The van der Waals surface area contributed by atoms with Crippen LogP contribution in [-0.2, 0) is 10.2 Å². The Morgan fingerprint density at radius 3 is 2.50 bits per heavy atom. The number of benzene rings is 1. The molecule has 1 fully saturated rings. The first kappa shape index (κ1) is 15.0. The molecule has 2 aromatic rings. The number of hydrogen-bond acceptors (Lipinski definition) is 5. The van der Waals surface area contributed by atoms with Crippen molar-refractivity contribution in [2.45, 2.75) is 18.3 Å². The third-order valence-electron chi connectivity index (χ3n) is 3.75. The van der Waals surface area contributed by atoms with Gasteiger partial charge in [0, 0.05) is 25.3 Å². The summed E-state index contributed by atoms with van der Waals surface area (Å²) in [5.74, 6) is 1.26. The van der Waals surface area contributed by atoms with E-state index in [1.807, 2.05) is 30.3 Å². The summed E-state index contributed by atoms with van der Waals surface area (Å²) in [5.41, 5.74) is 6.67.